The van der Waals surface area contributed by atoms with Crippen molar-refractivity contribution >= 4 is 22.4 Å². The fourth-order valence-electron chi connectivity index (χ4n) is 1.57. The van der Waals surface area contributed by atoms with Gasteiger partial charge < -0.3 is 5.32 Å². The molecule has 3 heteroatoms. The molecule has 0 spiro atoms. The molecule has 1 amide bonds. The standard InChI is InChI=1S/C12H10NO2/c1-8(14)13-11-6-7-12(15)10-5-3-2-4-9(10)11/h2-7H,1H3,(H,13,14). The highest BCUT2D eigenvalue weighted by Gasteiger charge is 2.06. The van der Waals surface area contributed by atoms with Crippen molar-refractivity contribution in [1.29, 1.82) is 0 Å². The van der Waals surface area contributed by atoms with Gasteiger partial charge in [-0.3, -0.25) is 9.90 Å². The quantitative estimate of drug-likeness (QED) is 0.755. The highest BCUT2D eigenvalue weighted by Crippen LogP contribution is 2.30. The van der Waals surface area contributed by atoms with E-state index >= 15 is 0 Å². The number of anilines is 1. The van der Waals surface area contributed by atoms with Gasteiger partial charge in [0.05, 0.1) is 0 Å². The molecule has 75 valence electrons. The zero-order chi connectivity index (χ0) is 10.8. The summed E-state index contributed by atoms with van der Waals surface area (Å²) in [6, 6.07) is 10.3. The molecule has 0 heterocycles. The average molecular weight is 200 g/mol. The zero-order valence-electron chi connectivity index (χ0n) is 8.28. The minimum absolute atomic E-state index is 0.0281. The van der Waals surface area contributed by atoms with Gasteiger partial charge in [-0.2, -0.15) is 0 Å². The van der Waals surface area contributed by atoms with Crippen LogP contribution in [0.4, 0.5) is 5.69 Å². The maximum atomic E-state index is 11.5. The molecule has 0 saturated heterocycles. The van der Waals surface area contributed by atoms with E-state index in [1.165, 1.54) is 13.0 Å². The molecule has 0 bridgehead atoms. The Hall–Kier alpha value is -2.03. The summed E-state index contributed by atoms with van der Waals surface area (Å²) in [5.74, 6) is -0.168. The molecule has 0 aliphatic rings. The molecule has 0 aliphatic carbocycles. The first kappa shape index (κ1) is 9.52. The van der Waals surface area contributed by atoms with E-state index in [0.717, 1.165) is 5.39 Å². The second-order valence-corrected chi connectivity index (χ2v) is 3.34. The fourth-order valence-corrected chi connectivity index (χ4v) is 1.57. The molecule has 0 unspecified atom stereocenters. The van der Waals surface area contributed by atoms with Crippen LogP contribution >= 0.6 is 0 Å². The minimum Gasteiger partial charge on any atom is -0.326 e. The van der Waals surface area contributed by atoms with Gasteiger partial charge in [-0.25, -0.2) is 0 Å². The molecule has 15 heavy (non-hydrogen) atoms. The van der Waals surface area contributed by atoms with Gasteiger partial charge in [0, 0.05) is 23.4 Å². The van der Waals surface area contributed by atoms with Gasteiger partial charge >= 0.3 is 0 Å². The molecule has 1 radical (unpaired) electrons. The number of nitrogens with one attached hydrogen (secondary N) is 1. The van der Waals surface area contributed by atoms with Gasteiger partial charge in [0.1, 0.15) is 0 Å². The van der Waals surface area contributed by atoms with E-state index in [-0.39, 0.29) is 11.7 Å². The first-order valence-electron chi connectivity index (χ1n) is 4.65. The van der Waals surface area contributed by atoms with Crippen LogP contribution in [-0.2, 0) is 9.90 Å². The summed E-state index contributed by atoms with van der Waals surface area (Å²) in [4.78, 5) is 11.0. The van der Waals surface area contributed by atoms with E-state index in [1.807, 2.05) is 12.1 Å². The zero-order valence-corrected chi connectivity index (χ0v) is 8.28. The topological polar surface area (TPSA) is 49.0 Å². The molecule has 3 nitrogen and oxygen atoms in total. The van der Waals surface area contributed by atoms with Crippen molar-refractivity contribution < 1.29 is 9.90 Å². The predicted molar refractivity (Wildman–Crippen MR) is 58.4 cm³/mol. The highest BCUT2D eigenvalue weighted by atomic mass is 16.3. The van der Waals surface area contributed by atoms with Crippen LogP contribution in [-0.4, -0.2) is 5.91 Å². The average Bonchev–Trinajstić information content (AvgIpc) is 2.22. The molecular weight excluding hydrogens is 190 g/mol. The molecule has 0 aromatic heterocycles. The second-order valence-electron chi connectivity index (χ2n) is 3.34. The third-order valence-corrected chi connectivity index (χ3v) is 2.19. The monoisotopic (exact) mass is 200 g/mol. The van der Waals surface area contributed by atoms with Crippen LogP contribution < -0.4 is 5.32 Å². The molecule has 0 atom stereocenters. The van der Waals surface area contributed by atoms with Gasteiger partial charge in [-0.15, -0.1) is 0 Å². The normalized spacial score (nSPS) is 10.2. The van der Waals surface area contributed by atoms with E-state index in [1.54, 1.807) is 18.2 Å². The van der Waals surface area contributed by atoms with Crippen molar-refractivity contribution in [3.63, 3.8) is 0 Å². The molecule has 0 saturated carbocycles. The summed E-state index contributed by atoms with van der Waals surface area (Å²) in [6.45, 7) is 1.44. The Kier molecular flexibility index (Phi) is 2.29. The minimum atomic E-state index is -0.140. The first-order valence-corrected chi connectivity index (χ1v) is 4.65. The number of hydrogen-bond acceptors (Lipinski definition) is 1. The van der Waals surface area contributed by atoms with Crippen LogP contribution in [0.5, 0.6) is 5.75 Å². The maximum Gasteiger partial charge on any atom is 0.221 e. The Bertz CT molecular complexity index is 520. The molecule has 2 rings (SSSR count). The third kappa shape index (κ3) is 1.76. The smallest absolute Gasteiger partial charge is 0.221 e. The summed E-state index contributed by atoms with van der Waals surface area (Å²) >= 11 is 0. The van der Waals surface area contributed by atoms with Crippen molar-refractivity contribution in [2.75, 3.05) is 5.32 Å². The molecule has 1 N–H and O–H groups in total. The van der Waals surface area contributed by atoms with Crippen LogP contribution in [0.25, 0.3) is 10.8 Å². The summed E-state index contributed by atoms with van der Waals surface area (Å²) in [6.07, 6.45) is 0. The molecule has 2 aromatic rings. The van der Waals surface area contributed by atoms with Crippen molar-refractivity contribution in [3.05, 3.63) is 36.4 Å². The Morgan fingerprint density at radius 1 is 1.07 bits per heavy atom. The Morgan fingerprint density at radius 2 is 1.73 bits per heavy atom. The number of rotatable bonds is 1. The summed E-state index contributed by atoms with van der Waals surface area (Å²) in [7, 11) is 0. The summed E-state index contributed by atoms with van der Waals surface area (Å²) < 4.78 is 0. The van der Waals surface area contributed by atoms with Gasteiger partial charge in [0.25, 0.3) is 0 Å². The lowest BCUT2D eigenvalue weighted by atomic mass is 10.1. The second kappa shape index (κ2) is 3.61. The predicted octanol–water partition coefficient (Wildman–Crippen LogP) is 2.94. The first-order chi connectivity index (χ1) is 7.18. The van der Waals surface area contributed by atoms with Crippen LogP contribution in [0, 0.1) is 0 Å². The maximum absolute atomic E-state index is 11.5. The lowest BCUT2D eigenvalue weighted by Gasteiger charge is -2.06. The Balaban J connectivity index is 2.66. The third-order valence-electron chi connectivity index (χ3n) is 2.19. The van der Waals surface area contributed by atoms with Crippen molar-refractivity contribution in [2.45, 2.75) is 6.92 Å². The lowest BCUT2D eigenvalue weighted by molar-refractivity contribution is -0.114. The number of fused-ring (bicyclic) bond motifs is 1. The summed E-state index contributed by atoms with van der Waals surface area (Å²) in [5, 5.41) is 15.6. The van der Waals surface area contributed by atoms with Crippen LogP contribution in [0.3, 0.4) is 0 Å². The lowest BCUT2D eigenvalue weighted by Crippen LogP contribution is -2.05. The van der Waals surface area contributed by atoms with Crippen LogP contribution in [0.15, 0.2) is 36.4 Å². The van der Waals surface area contributed by atoms with E-state index in [4.69, 9.17) is 0 Å². The van der Waals surface area contributed by atoms with Crippen LogP contribution in [0.1, 0.15) is 6.92 Å². The molecule has 0 aliphatic heterocycles. The van der Waals surface area contributed by atoms with Crippen LogP contribution in [0.2, 0.25) is 0 Å². The Morgan fingerprint density at radius 3 is 2.40 bits per heavy atom. The fraction of sp³-hybridized carbons (Fsp3) is 0.0833. The van der Waals surface area contributed by atoms with Gasteiger partial charge in [-0.05, 0) is 12.1 Å². The van der Waals surface area contributed by atoms with E-state index < -0.39 is 0 Å². The van der Waals surface area contributed by atoms with Crippen molar-refractivity contribution in [1.82, 2.24) is 0 Å². The van der Waals surface area contributed by atoms with E-state index in [9.17, 15) is 9.90 Å². The van der Waals surface area contributed by atoms with Crippen molar-refractivity contribution in [3.8, 4) is 5.75 Å². The highest BCUT2D eigenvalue weighted by molar-refractivity contribution is 6.03. The number of carbonyl (C=O) groups excluding carboxylic acids is 1. The molecular formula is C12H10NO2. The Labute approximate surface area is 87.3 Å². The number of amides is 1. The SMILES string of the molecule is CC(=O)Nc1ccc([O])c2ccccc12. The van der Waals surface area contributed by atoms with E-state index in [0.29, 0.717) is 11.1 Å². The molecule has 2 aromatic carbocycles. The van der Waals surface area contributed by atoms with Gasteiger partial charge in [0.2, 0.25) is 5.91 Å². The molecule has 0 fully saturated rings. The van der Waals surface area contributed by atoms with Gasteiger partial charge in [0.15, 0.2) is 5.75 Å². The van der Waals surface area contributed by atoms with Crippen molar-refractivity contribution in [2.24, 2.45) is 0 Å². The number of hydrogen-bond donors (Lipinski definition) is 1. The van der Waals surface area contributed by atoms with Gasteiger partial charge in [-0.1, -0.05) is 24.3 Å². The number of carbonyl (C=O) groups is 1. The number of benzene rings is 2. The largest absolute Gasteiger partial charge is 0.326 e. The van der Waals surface area contributed by atoms with E-state index in [2.05, 4.69) is 5.32 Å². The summed E-state index contributed by atoms with van der Waals surface area (Å²) in [5.41, 5.74) is 0.678.